The number of methoxy groups -OCH3 is 1. The summed E-state index contributed by atoms with van der Waals surface area (Å²) in [5.74, 6) is -3.43. The number of hydrogen-bond donors (Lipinski definition) is 5. The number of carboxylic acids is 1. The van der Waals surface area contributed by atoms with E-state index < -0.39 is 71.3 Å². The molecule has 2 fully saturated rings. The SMILES string of the molecule is C.COc1ccc(CC(CC(=O)[C@@H](Cc2ccccc2)NC(=O)OCc2ccccc2)C(=O)O)cc1.C[C@]1(C(=O)C(Cc2ccccc2)NC(=O)C(CC(=O)[C@@H](Cc2ccccc2)NC(=O)OCc2ccccc2)Cc2ccccc2)CO1.C[C@]1(C(=O)C(N)Cc2ccccc2)CO1.[V].[V]. The Balaban J connectivity index is 0.000000298. The second-order valence-corrected chi connectivity index (χ2v) is 24.5. The van der Waals surface area contributed by atoms with Gasteiger partial charge in [0.15, 0.2) is 23.1 Å². The third kappa shape index (κ3) is 27.1. The van der Waals surface area contributed by atoms with E-state index in [4.69, 9.17) is 29.4 Å². The first kappa shape index (κ1) is 81.4. The van der Waals surface area contributed by atoms with Crippen LogP contribution < -0.4 is 26.4 Å². The summed E-state index contributed by atoms with van der Waals surface area (Å²) in [6.45, 7) is 4.44. The van der Waals surface area contributed by atoms with Crippen LogP contribution in [0.15, 0.2) is 237 Å². The van der Waals surface area contributed by atoms with Crippen LogP contribution in [0, 0.1) is 11.8 Å². The Kier molecular flexibility index (Phi) is 33.7. The molecular weight excluding hydrogens is 1340 g/mol. The number of carbonyl (C=O) groups is 8. The summed E-state index contributed by atoms with van der Waals surface area (Å²) < 4.78 is 26.4. The van der Waals surface area contributed by atoms with E-state index in [-0.39, 0.29) is 119 Å². The molecule has 3 amide bonds. The molecular formula is C80H88N4O14V2. The number of Topliss-reactive ketones (excluding diaryl/α,β-unsaturated/α-hetero) is 4. The van der Waals surface area contributed by atoms with E-state index in [1.807, 2.05) is 212 Å². The number of benzene rings is 8. The quantitative estimate of drug-likeness (QED) is 0.0245. The number of ether oxygens (including phenoxy) is 5. The molecule has 0 bridgehead atoms. The largest absolute Gasteiger partial charge is 0.497 e. The maximum atomic E-state index is 14.0. The predicted octanol–water partition coefficient (Wildman–Crippen LogP) is 11.4. The summed E-state index contributed by atoms with van der Waals surface area (Å²) >= 11 is 0. The number of aliphatic carboxylic acids is 1. The molecule has 18 nitrogen and oxygen atoms in total. The molecule has 2 heterocycles. The molecule has 8 atom stereocenters. The average Bonchev–Trinajstić information content (AvgIpc) is 1.65. The smallest absolute Gasteiger partial charge is 0.408 e. The number of alkyl carbamates (subject to hydrolysis) is 2. The van der Waals surface area contributed by atoms with E-state index in [2.05, 4.69) is 16.0 Å². The van der Waals surface area contributed by atoms with Crippen LogP contribution in [0.2, 0.25) is 0 Å². The second kappa shape index (κ2) is 41.4. The predicted molar refractivity (Wildman–Crippen MR) is 374 cm³/mol. The van der Waals surface area contributed by atoms with Crippen LogP contribution in [0.4, 0.5) is 9.59 Å². The molecule has 8 aromatic carbocycles. The van der Waals surface area contributed by atoms with Gasteiger partial charge in [-0.05, 0) is 109 Å². The summed E-state index contributed by atoms with van der Waals surface area (Å²) in [5, 5.41) is 18.1. The van der Waals surface area contributed by atoms with Crippen molar-refractivity contribution in [3.8, 4) is 5.75 Å². The Morgan fingerprint density at radius 1 is 0.420 bits per heavy atom. The maximum Gasteiger partial charge on any atom is 0.408 e. The number of carboxylic acid groups (broad SMARTS) is 1. The van der Waals surface area contributed by atoms with Gasteiger partial charge >= 0.3 is 18.2 Å². The van der Waals surface area contributed by atoms with Crippen molar-refractivity contribution in [1.29, 1.82) is 0 Å². The van der Waals surface area contributed by atoms with Crippen molar-refractivity contribution in [2.45, 2.75) is 121 Å². The average molecular weight is 1430 g/mol. The summed E-state index contributed by atoms with van der Waals surface area (Å²) in [7, 11) is 1.55. The van der Waals surface area contributed by atoms with E-state index in [1.165, 1.54) is 0 Å². The van der Waals surface area contributed by atoms with Crippen LogP contribution in [-0.2, 0) is 137 Å². The number of ketones is 4. The Hall–Kier alpha value is -9.23. The minimum atomic E-state index is -1.07. The fourth-order valence-electron chi connectivity index (χ4n) is 10.8. The third-order valence-corrected chi connectivity index (χ3v) is 16.7. The summed E-state index contributed by atoms with van der Waals surface area (Å²) in [4.78, 5) is 104. The minimum absolute atomic E-state index is 0. The zero-order valence-corrected chi connectivity index (χ0v) is 58.5. The van der Waals surface area contributed by atoms with Gasteiger partial charge in [0.25, 0.3) is 0 Å². The van der Waals surface area contributed by atoms with Gasteiger partial charge in [-0.3, -0.25) is 28.8 Å². The van der Waals surface area contributed by atoms with Crippen molar-refractivity contribution in [3.05, 3.63) is 281 Å². The van der Waals surface area contributed by atoms with Crippen molar-refractivity contribution >= 4 is 47.2 Å². The van der Waals surface area contributed by atoms with Crippen LogP contribution >= 0.6 is 0 Å². The number of epoxide rings is 2. The Morgan fingerprint density at radius 2 is 0.720 bits per heavy atom. The molecule has 0 spiro atoms. The van der Waals surface area contributed by atoms with Gasteiger partial charge in [-0.25, -0.2) is 9.59 Å². The fourth-order valence-corrected chi connectivity index (χ4v) is 10.8. The molecule has 100 heavy (non-hydrogen) atoms. The first-order valence-electron chi connectivity index (χ1n) is 32.3. The first-order valence-corrected chi connectivity index (χ1v) is 32.3. The molecule has 2 aliphatic heterocycles. The topological polar surface area (TPSA) is 272 Å². The standard InChI is InChI=1S/C39H40N2O6.C28H29NO6.C12H15NO2.CH4.2V/c1-39(27-47-39)36(43)34(24-30-18-10-4-11-19-30)40-37(44)32(22-28-14-6-2-7-15-28)25-35(42)33(23-29-16-8-3-9-17-29)41-38(45)46-26-31-20-12-5-13-21-31;1-34-24-14-12-21(13-15-24)16-23(27(31)32)18-26(30)25(17-20-8-4-2-5-9-20)29-28(33)35-19-22-10-6-3-7-11-22;1-12(8-15-12)11(14)10(13)7-9-5-3-2-4-6-9;;;/h2-21,32-34H,22-27H2,1H3,(H,40,44)(H,41,45);2-15,23,25H,16-19H2,1H3,(H,29,33)(H,31,32);2-6,10H,7-8,13H2,1H3;1H4;;/t32?,33-,34?,39-;23?,25-;10?,12-;;;/m111.../s1. The number of amides is 3. The zero-order valence-electron chi connectivity index (χ0n) is 55.7. The molecule has 2 saturated heterocycles. The van der Waals surface area contributed by atoms with Crippen molar-refractivity contribution in [1.82, 2.24) is 16.0 Å². The van der Waals surface area contributed by atoms with Crippen molar-refractivity contribution < 1.29 is 104 Å². The Labute approximate surface area is 609 Å². The van der Waals surface area contributed by atoms with Crippen molar-refractivity contribution in [2.75, 3.05) is 20.3 Å². The van der Waals surface area contributed by atoms with E-state index in [0.29, 0.717) is 31.8 Å². The van der Waals surface area contributed by atoms with Gasteiger partial charge in [0.05, 0.1) is 50.4 Å². The van der Waals surface area contributed by atoms with Gasteiger partial charge in [-0.1, -0.05) is 232 Å². The monoisotopic (exact) mass is 1430 g/mol. The van der Waals surface area contributed by atoms with Gasteiger partial charge < -0.3 is 50.5 Å². The van der Waals surface area contributed by atoms with E-state index >= 15 is 0 Å². The fraction of sp³-hybridized carbons (Fsp3) is 0.300. The van der Waals surface area contributed by atoms with Gasteiger partial charge in [-0.15, -0.1) is 0 Å². The minimum Gasteiger partial charge on any atom is -0.497 e. The van der Waals surface area contributed by atoms with Crippen LogP contribution in [0.3, 0.4) is 0 Å². The molecule has 6 N–H and O–H groups in total. The van der Waals surface area contributed by atoms with Crippen molar-refractivity contribution in [3.63, 3.8) is 0 Å². The normalized spacial score (nSPS) is 16.2. The van der Waals surface area contributed by atoms with Crippen LogP contribution in [0.25, 0.3) is 0 Å². The van der Waals surface area contributed by atoms with E-state index in [9.17, 15) is 43.5 Å². The van der Waals surface area contributed by atoms with Gasteiger partial charge in [0.2, 0.25) is 5.91 Å². The number of nitrogens with one attached hydrogen (secondary N) is 3. The molecule has 2 aliphatic rings. The van der Waals surface area contributed by atoms with Gasteiger partial charge in [0, 0.05) is 55.9 Å². The van der Waals surface area contributed by atoms with E-state index in [1.54, 1.807) is 45.2 Å². The summed E-state index contributed by atoms with van der Waals surface area (Å²) in [6.07, 6.45) is -0.0467. The molecule has 0 aliphatic carbocycles. The maximum absolute atomic E-state index is 14.0. The van der Waals surface area contributed by atoms with Crippen LogP contribution in [0.5, 0.6) is 5.75 Å². The molecule has 20 heteroatoms. The number of nitrogens with two attached hydrogens (primary N) is 1. The van der Waals surface area contributed by atoms with Gasteiger partial charge in [0.1, 0.15) is 30.2 Å². The Bertz CT molecular complexity index is 3820. The molecule has 0 aromatic heterocycles. The number of hydrogen-bond acceptors (Lipinski definition) is 14. The second-order valence-electron chi connectivity index (χ2n) is 24.5. The Morgan fingerprint density at radius 3 is 1.07 bits per heavy atom. The van der Waals surface area contributed by atoms with Crippen LogP contribution in [-0.4, -0.2) is 108 Å². The molecule has 10 rings (SSSR count). The number of rotatable bonds is 32. The molecule has 4 unspecified atom stereocenters. The number of carbonyl (C=O) groups excluding carboxylic acids is 7. The molecule has 8 aromatic rings. The summed E-state index contributed by atoms with van der Waals surface area (Å²) in [5.41, 5.74) is 11.3. The third-order valence-electron chi connectivity index (χ3n) is 16.7. The van der Waals surface area contributed by atoms with Gasteiger partial charge in [-0.2, -0.15) is 0 Å². The van der Waals surface area contributed by atoms with Crippen molar-refractivity contribution in [2.24, 2.45) is 17.6 Å². The van der Waals surface area contributed by atoms with E-state index in [0.717, 1.165) is 44.5 Å². The molecule has 522 valence electrons. The zero-order chi connectivity index (χ0) is 69.0. The summed E-state index contributed by atoms with van der Waals surface area (Å²) in [6, 6.07) is 69.7. The molecule has 2 radical (unpaired) electrons. The first-order chi connectivity index (χ1) is 46.8. The van der Waals surface area contributed by atoms with Crippen LogP contribution in [0.1, 0.15) is 78.6 Å². The molecule has 0 saturated carbocycles.